The standard InChI is InChI=1S/C21H16ClNO7/c1-3-26-18-8-12(6-14(22)19(18)29-11(2)24)7-15-21(25)30-20(23-15)13-4-5-16-17(9-13)28-10-27-16/h4-9H,3,10H2,1-2H3/b15-7-. The Morgan fingerprint density at radius 1 is 1.23 bits per heavy atom. The van der Waals surface area contributed by atoms with Gasteiger partial charge in [0, 0.05) is 12.5 Å². The van der Waals surface area contributed by atoms with Gasteiger partial charge in [-0.05, 0) is 48.9 Å². The third-order valence-electron chi connectivity index (χ3n) is 4.12. The molecule has 0 amide bonds. The summed E-state index contributed by atoms with van der Waals surface area (Å²) in [5.41, 5.74) is 1.19. The van der Waals surface area contributed by atoms with Crippen LogP contribution < -0.4 is 18.9 Å². The Kier molecular flexibility index (Phi) is 5.33. The van der Waals surface area contributed by atoms with Crippen LogP contribution in [0.1, 0.15) is 25.0 Å². The topological polar surface area (TPSA) is 92.7 Å². The Morgan fingerprint density at radius 3 is 2.80 bits per heavy atom. The first-order valence-electron chi connectivity index (χ1n) is 9.02. The molecule has 0 atom stereocenters. The fourth-order valence-electron chi connectivity index (χ4n) is 2.90. The zero-order valence-corrected chi connectivity index (χ0v) is 16.8. The van der Waals surface area contributed by atoms with Gasteiger partial charge in [-0.1, -0.05) is 11.6 Å². The summed E-state index contributed by atoms with van der Waals surface area (Å²) in [5.74, 6) is 0.577. The van der Waals surface area contributed by atoms with Gasteiger partial charge in [-0.25, -0.2) is 9.79 Å². The largest absolute Gasteiger partial charge is 0.490 e. The fraction of sp³-hybridized carbons (Fsp3) is 0.190. The van der Waals surface area contributed by atoms with Crippen LogP contribution in [0, 0.1) is 0 Å². The summed E-state index contributed by atoms with van der Waals surface area (Å²) >= 11 is 6.25. The van der Waals surface area contributed by atoms with E-state index in [4.69, 9.17) is 35.3 Å². The number of carbonyl (C=O) groups excluding carboxylic acids is 2. The van der Waals surface area contributed by atoms with Gasteiger partial charge in [-0.15, -0.1) is 0 Å². The first-order valence-corrected chi connectivity index (χ1v) is 9.39. The number of fused-ring (bicyclic) bond motifs is 1. The van der Waals surface area contributed by atoms with E-state index < -0.39 is 11.9 Å². The third kappa shape index (κ3) is 3.95. The van der Waals surface area contributed by atoms with E-state index in [9.17, 15) is 9.59 Å². The van der Waals surface area contributed by atoms with Gasteiger partial charge in [-0.2, -0.15) is 0 Å². The number of halogens is 1. The minimum Gasteiger partial charge on any atom is -0.490 e. The number of nitrogens with zero attached hydrogens (tertiary/aromatic N) is 1. The van der Waals surface area contributed by atoms with Crippen LogP contribution in [0.2, 0.25) is 5.02 Å². The first-order chi connectivity index (χ1) is 14.4. The average molecular weight is 430 g/mol. The number of cyclic esters (lactones) is 1. The van der Waals surface area contributed by atoms with Crippen molar-refractivity contribution in [1.82, 2.24) is 0 Å². The summed E-state index contributed by atoms with van der Waals surface area (Å²) in [6.07, 6.45) is 1.51. The number of benzene rings is 2. The molecular weight excluding hydrogens is 414 g/mol. The molecule has 0 aromatic heterocycles. The molecule has 0 N–H and O–H groups in total. The van der Waals surface area contributed by atoms with Crippen LogP contribution in [0.25, 0.3) is 6.08 Å². The molecule has 0 fully saturated rings. The number of ether oxygens (including phenoxy) is 5. The van der Waals surface area contributed by atoms with Crippen LogP contribution in [0.5, 0.6) is 23.0 Å². The molecule has 2 aromatic carbocycles. The van der Waals surface area contributed by atoms with Gasteiger partial charge >= 0.3 is 11.9 Å². The van der Waals surface area contributed by atoms with Crippen molar-refractivity contribution < 1.29 is 33.3 Å². The van der Waals surface area contributed by atoms with Crippen LogP contribution >= 0.6 is 11.6 Å². The minimum atomic E-state index is -0.610. The van der Waals surface area contributed by atoms with Crippen molar-refractivity contribution in [2.24, 2.45) is 4.99 Å². The number of hydrogen-bond acceptors (Lipinski definition) is 8. The normalized spacial score (nSPS) is 15.8. The highest BCUT2D eigenvalue weighted by Gasteiger charge is 2.26. The summed E-state index contributed by atoms with van der Waals surface area (Å²) in [6.45, 7) is 3.53. The fourth-order valence-corrected chi connectivity index (χ4v) is 3.15. The van der Waals surface area contributed by atoms with Crippen molar-refractivity contribution in [3.8, 4) is 23.0 Å². The van der Waals surface area contributed by atoms with Crippen molar-refractivity contribution in [2.75, 3.05) is 13.4 Å². The van der Waals surface area contributed by atoms with E-state index in [0.717, 1.165) is 0 Å². The molecule has 30 heavy (non-hydrogen) atoms. The Hall–Kier alpha value is -3.52. The molecule has 2 aromatic rings. The second-order valence-corrected chi connectivity index (χ2v) is 6.67. The van der Waals surface area contributed by atoms with Crippen molar-refractivity contribution in [3.63, 3.8) is 0 Å². The second kappa shape index (κ2) is 8.08. The lowest BCUT2D eigenvalue weighted by Gasteiger charge is -2.12. The molecule has 2 heterocycles. The Labute approximate surface area is 176 Å². The second-order valence-electron chi connectivity index (χ2n) is 6.26. The molecule has 0 unspecified atom stereocenters. The molecule has 0 bridgehead atoms. The molecule has 0 radical (unpaired) electrons. The van der Waals surface area contributed by atoms with Gasteiger partial charge < -0.3 is 23.7 Å². The number of hydrogen-bond donors (Lipinski definition) is 0. The van der Waals surface area contributed by atoms with E-state index in [1.807, 2.05) is 0 Å². The number of aliphatic imine (C=N–C) groups is 1. The lowest BCUT2D eigenvalue weighted by Crippen LogP contribution is -2.05. The maximum atomic E-state index is 12.3. The maximum absolute atomic E-state index is 12.3. The van der Waals surface area contributed by atoms with E-state index in [2.05, 4.69) is 4.99 Å². The number of esters is 2. The van der Waals surface area contributed by atoms with Gasteiger partial charge in [0.25, 0.3) is 0 Å². The molecular formula is C21H16ClNO7. The van der Waals surface area contributed by atoms with Crippen molar-refractivity contribution in [1.29, 1.82) is 0 Å². The predicted octanol–water partition coefficient (Wildman–Crippen LogP) is 3.74. The SMILES string of the molecule is CCOc1cc(/C=C2\N=C(c3ccc4c(c3)OCO4)OC2=O)cc(Cl)c1OC(C)=O. The van der Waals surface area contributed by atoms with Gasteiger partial charge in [0.15, 0.2) is 28.7 Å². The summed E-state index contributed by atoms with van der Waals surface area (Å²) in [5, 5.41) is 0.161. The van der Waals surface area contributed by atoms with Gasteiger partial charge in [0.2, 0.25) is 12.7 Å². The molecule has 2 aliphatic heterocycles. The monoisotopic (exact) mass is 429 g/mol. The van der Waals surface area contributed by atoms with Crippen molar-refractivity contribution >= 4 is 35.5 Å². The number of carbonyl (C=O) groups is 2. The van der Waals surface area contributed by atoms with Crippen LogP contribution in [0.4, 0.5) is 0 Å². The molecule has 2 aliphatic rings. The van der Waals surface area contributed by atoms with Crippen LogP contribution in [-0.4, -0.2) is 31.2 Å². The summed E-state index contributed by atoms with van der Waals surface area (Å²) in [4.78, 5) is 27.9. The van der Waals surface area contributed by atoms with Crippen LogP contribution in [0.15, 0.2) is 41.0 Å². The summed E-state index contributed by atoms with van der Waals surface area (Å²) in [6, 6.07) is 8.27. The van der Waals surface area contributed by atoms with Gasteiger partial charge in [0.05, 0.1) is 11.6 Å². The molecule has 0 saturated heterocycles. The van der Waals surface area contributed by atoms with Gasteiger partial charge in [0.1, 0.15) is 0 Å². The molecule has 4 rings (SSSR count). The van der Waals surface area contributed by atoms with E-state index in [-0.39, 0.29) is 34.9 Å². The summed E-state index contributed by atoms with van der Waals surface area (Å²) < 4.78 is 26.5. The van der Waals surface area contributed by atoms with E-state index in [1.54, 1.807) is 31.2 Å². The Morgan fingerprint density at radius 2 is 2.03 bits per heavy atom. The van der Waals surface area contributed by atoms with E-state index in [1.165, 1.54) is 19.1 Å². The maximum Gasteiger partial charge on any atom is 0.363 e. The van der Waals surface area contributed by atoms with Crippen LogP contribution in [-0.2, 0) is 14.3 Å². The third-order valence-corrected chi connectivity index (χ3v) is 4.40. The molecule has 154 valence electrons. The Bertz CT molecular complexity index is 1110. The lowest BCUT2D eigenvalue weighted by atomic mass is 10.1. The highest BCUT2D eigenvalue weighted by molar-refractivity contribution is 6.32. The van der Waals surface area contributed by atoms with E-state index in [0.29, 0.717) is 29.2 Å². The minimum absolute atomic E-state index is 0.0846. The van der Waals surface area contributed by atoms with E-state index >= 15 is 0 Å². The van der Waals surface area contributed by atoms with Gasteiger partial charge in [-0.3, -0.25) is 4.79 Å². The summed E-state index contributed by atoms with van der Waals surface area (Å²) in [7, 11) is 0. The first kappa shape index (κ1) is 19.8. The molecule has 9 heteroatoms. The van der Waals surface area contributed by atoms with Crippen molar-refractivity contribution in [2.45, 2.75) is 13.8 Å². The zero-order chi connectivity index (χ0) is 21.3. The highest BCUT2D eigenvalue weighted by atomic mass is 35.5. The quantitative estimate of drug-likeness (QED) is 0.406. The lowest BCUT2D eigenvalue weighted by molar-refractivity contribution is -0.132. The molecule has 0 spiro atoms. The molecule has 0 aliphatic carbocycles. The number of rotatable bonds is 5. The Balaban J connectivity index is 1.67. The average Bonchev–Trinajstić information content (AvgIpc) is 3.30. The molecule has 0 saturated carbocycles. The van der Waals surface area contributed by atoms with Crippen LogP contribution in [0.3, 0.4) is 0 Å². The predicted molar refractivity (Wildman–Crippen MR) is 107 cm³/mol. The zero-order valence-electron chi connectivity index (χ0n) is 16.1. The van der Waals surface area contributed by atoms with Crippen molar-refractivity contribution in [3.05, 3.63) is 52.2 Å². The smallest absolute Gasteiger partial charge is 0.363 e. The molecule has 8 nitrogen and oxygen atoms in total. The highest BCUT2D eigenvalue weighted by Crippen LogP contribution is 2.38.